The van der Waals surface area contributed by atoms with Gasteiger partial charge in [0.1, 0.15) is 0 Å². The van der Waals surface area contributed by atoms with E-state index in [9.17, 15) is 4.79 Å². The van der Waals surface area contributed by atoms with Crippen molar-refractivity contribution in [1.82, 2.24) is 5.32 Å². The second-order valence-electron chi connectivity index (χ2n) is 4.09. The lowest BCUT2D eigenvalue weighted by Crippen LogP contribution is -2.26. The molecule has 4 heteroatoms. The summed E-state index contributed by atoms with van der Waals surface area (Å²) in [6.07, 6.45) is 2.26. The quantitative estimate of drug-likeness (QED) is 0.767. The smallest absolute Gasteiger partial charge is 0.220 e. The van der Waals surface area contributed by atoms with Crippen molar-refractivity contribution in [1.29, 1.82) is 0 Å². The number of halogens is 1. The van der Waals surface area contributed by atoms with Crippen molar-refractivity contribution in [2.24, 2.45) is 5.73 Å². The first-order chi connectivity index (χ1) is 8.13. The summed E-state index contributed by atoms with van der Waals surface area (Å²) in [5.74, 6) is 0.0610. The molecule has 0 saturated heterocycles. The van der Waals surface area contributed by atoms with Gasteiger partial charge in [-0.15, -0.1) is 0 Å². The predicted molar refractivity (Wildman–Crippen MR) is 70.9 cm³/mol. The molecule has 0 aliphatic heterocycles. The summed E-state index contributed by atoms with van der Waals surface area (Å²) in [5, 5.41) is 3.63. The highest BCUT2D eigenvalue weighted by atomic mass is 35.5. The van der Waals surface area contributed by atoms with E-state index in [1.165, 1.54) is 0 Å². The van der Waals surface area contributed by atoms with Crippen LogP contribution in [0, 0.1) is 0 Å². The molecule has 0 radical (unpaired) electrons. The molecule has 1 aromatic rings. The number of carbonyl (C=O) groups excluding carboxylic acids is 1. The average Bonchev–Trinajstić information content (AvgIpc) is 2.29. The largest absolute Gasteiger partial charge is 0.350 e. The number of unbranched alkanes of at least 4 members (excludes halogenated alkanes) is 1. The lowest BCUT2D eigenvalue weighted by molar-refractivity contribution is -0.121. The van der Waals surface area contributed by atoms with Crippen LogP contribution in [0.4, 0.5) is 0 Å². The number of amides is 1. The third-order valence-corrected chi connectivity index (χ3v) is 2.82. The molecule has 1 aromatic carbocycles. The summed E-state index contributed by atoms with van der Waals surface area (Å²) in [6.45, 7) is 2.59. The van der Waals surface area contributed by atoms with Crippen LogP contribution in [0.2, 0.25) is 5.02 Å². The molecular weight excluding hydrogens is 236 g/mol. The van der Waals surface area contributed by atoms with Crippen LogP contribution < -0.4 is 11.1 Å². The topological polar surface area (TPSA) is 55.1 Å². The van der Waals surface area contributed by atoms with Gasteiger partial charge in [-0.3, -0.25) is 4.79 Å². The zero-order chi connectivity index (χ0) is 12.7. The summed E-state index contributed by atoms with van der Waals surface area (Å²) >= 11 is 5.90. The van der Waals surface area contributed by atoms with E-state index in [1.54, 1.807) is 0 Å². The monoisotopic (exact) mass is 254 g/mol. The van der Waals surface area contributed by atoms with E-state index in [0.29, 0.717) is 18.0 Å². The number of rotatable bonds is 6. The molecule has 0 spiro atoms. The molecule has 1 unspecified atom stereocenters. The molecule has 1 rings (SSSR count). The molecule has 0 bridgehead atoms. The maximum Gasteiger partial charge on any atom is 0.220 e. The normalized spacial score (nSPS) is 12.2. The van der Waals surface area contributed by atoms with Gasteiger partial charge in [0.2, 0.25) is 5.91 Å². The molecule has 0 aromatic heterocycles. The molecule has 94 valence electrons. The number of hydrogen-bond donors (Lipinski definition) is 2. The Morgan fingerprint density at radius 3 is 2.88 bits per heavy atom. The van der Waals surface area contributed by atoms with E-state index < -0.39 is 0 Å². The number of hydrogen-bond acceptors (Lipinski definition) is 2. The number of nitrogens with one attached hydrogen (secondary N) is 1. The van der Waals surface area contributed by atoms with Gasteiger partial charge in [-0.2, -0.15) is 0 Å². The van der Waals surface area contributed by atoms with Gasteiger partial charge in [0.05, 0.1) is 6.04 Å². The minimum atomic E-state index is -0.0147. The van der Waals surface area contributed by atoms with Crippen molar-refractivity contribution in [3.63, 3.8) is 0 Å². The third kappa shape index (κ3) is 5.20. The Morgan fingerprint density at radius 2 is 2.24 bits per heavy atom. The lowest BCUT2D eigenvalue weighted by atomic mass is 10.1. The van der Waals surface area contributed by atoms with E-state index in [1.807, 2.05) is 31.2 Å². The second kappa shape index (κ2) is 7.30. The molecule has 3 nitrogen and oxygen atoms in total. The minimum absolute atomic E-state index is 0.0147. The Morgan fingerprint density at radius 1 is 1.47 bits per heavy atom. The Bertz CT molecular complexity index is 368. The van der Waals surface area contributed by atoms with E-state index >= 15 is 0 Å². The van der Waals surface area contributed by atoms with Crippen LogP contribution in [0.5, 0.6) is 0 Å². The van der Waals surface area contributed by atoms with Crippen LogP contribution in [-0.2, 0) is 4.79 Å². The van der Waals surface area contributed by atoms with Crippen LogP contribution in [0.15, 0.2) is 24.3 Å². The first-order valence-corrected chi connectivity index (χ1v) is 6.26. The SMILES string of the molecule is CC(NC(=O)CCCCN)c1cccc(Cl)c1. The van der Waals surface area contributed by atoms with Gasteiger partial charge in [0.25, 0.3) is 0 Å². The Labute approximate surface area is 107 Å². The van der Waals surface area contributed by atoms with Crippen LogP contribution in [0.1, 0.15) is 37.8 Å². The van der Waals surface area contributed by atoms with E-state index in [0.717, 1.165) is 18.4 Å². The number of benzene rings is 1. The van der Waals surface area contributed by atoms with Gasteiger partial charge in [-0.1, -0.05) is 23.7 Å². The molecule has 0 fully saturated rings. The number of nitrogens with two attached hydrogens (primary N) is 1. The third-order valence-electron chi connectivity index (χ3n) is 2.58. The van der Waals surface area contributed by atoms with E-state index in [4.69, 9.17) is 17.3 Å². The van der Waals surface area contributed by atoms with Crippen molar-refractivity contribution >= 4 is 17.5 Å². The van der Waals surface area contributed by atoms with Crippen molar-refractivity contribution in [2.75, 3.05) is 6.54 Å². The zero-order valence-electron chi connectivity index (χ0n) is 10.1. The van der Waals surface area contributed by atoms with Crippen molar-refractivity contribution < 1.29 is 4.79 Å². The number of carbonyl (C=O) groups is 1. The van der Waals surface area contributed by atoms with Gasteiger partial charge >= 0.3 is 0 Å². The molecule has 3 N–H and O–H groups in total. The zero-order valence-corrected chi connectivity index (χ0v) is 10.8. The maximum atomic E-state index is 11.6. The summed E-state index contributed by atoms with van der Waals surface area (Å²) in [7, 11) is 0. The summed E-state index contributed by atoms with van der Waals surface area (Å²) < 4.78 is 0. The van der Waals surface area contributed by atoms with Crippen molar-refractivity contribution in [3.8, 4) is 0 Å². The molecule has 0 saturated carbocycles. The Balaban J connectivity index is 2.43. The Kier molecular flexibility index (Phi) is 6.01. The Hall–Kier alpha value is -1.06. The lowest BCUT2D eigenvalue weighted by Gasteiger charge is -2.14. The van der Waals surface area contributed by atoms with Crippen LogP contribution in [0.3, 0.4) is 0 Å². The molecule has 0 heterocycles. The average molecular weight is 255 g/mol. The second-order valence-corrected chi connectivity index (χ2v) is 4.53. The minimum Gasteiger partial charge on any atom is -0.350 e. The van der Waals surface area contributed by atoms with Crippen molar-refractivity contribution in [2.45, 2.75) is 32.2 Å². The predicted octanol–water partition coefficient (Wildman–Crippen LogP) is 2.65. The highest BCUT2D eigenvalue weighted by molar-refractivity contribution is 6.30. The molecule has 17 heavy (non-hydrogen) atoms. The van der Waals surface area contributed by atoms with Gasteiger partial charge in [-0.05, 0) is 44.0 Å². The summed E-state index contributed by atoms with van der Waals surface area (Å²) in [5.41, 5.74) is 6.40. The van der Waals surface area contributed by atoms with Crippen LogP contribution >= 0.6 is 11.6 Å². The molecule has 1 amide bonds. The van der Waals surface area contributed by atoms with E-state index in [2.05, 4.69) is 5.32 Å². The summed E-state index contributed by atoms with van der Waals surface area (Å²) in [6, 6.07) is 7.51. The van der Waals surface area contributed by atoms with Crippen LogP contribution in [0.25, 0.3) is 0 Å². The fourth-order valence-electron chi connectivity index (χ4n) is 1.60. The van der Waals surface area contributed by atoms with Gasteiger partial charge < -0.3 is 11.1 Å². The van der Waals surface area contributed by atoms with Crippen LogP contribution in [-0.4, -0.2) is 12.5 Å². The molecular formula is C13H19ClN2O. The first-order valence-electron chi connectivity index (χ1n) is 5.88. The molecule has 0 aliphatic carbocycles. The fourth-order valence-corrected chi connectivity index (χ4v) is 1.80. The van der Waals surface area contributed by atoms with Gasteiger partial charge in [-0.25, -0.2) is 0 Å². The first kappa shape index (κ1) is 14.0. The summed E-state index contributed by atoms with van der Waals surface area (Å²) in [4.78, 5) is 11.6. The highest BCUT2D eigenvalue weighted by Crippen LogP contribution is 2.17. The molecule has 0 aliphatic rings. The maximum absolute atomic E-state index is 11.6. The van der Waals surface area contributed by atoms with Gasteiger partial charge in [0, 0.05) is 11.4 Å². The molecule has 1 atom stereocenters. The fraction of sp³-hybridized carbons (Fsp3) is 0.462. The van der Waals surface area contributed by atoms with Gasteiger partial charge in [0.15, 0.2) is 0 Å². The van der Waals surface area contributed by atoms with E-state index in [-0.39, 0.29) is 11.9 Å². The van der Waals surface area contributed by atoms with Crippen molar-refractivity contribution in [3.05, 3.63) is 34.9 Å². The highest BCUT2D eigenvalue weighted by Gasteiger charge is 2.09. The standard InChI is InChI=1S/C13H19ClN2O/c1-10(11-5-4-6-12(14)9-11)16-13(17)7-2-3-8-15/h4-6,9-10H,2-3,7-8,15H2,1H3,(H,16,17).